The Bertz CT molecular complexity index is 1220. The zero-order valence-corrected chi connectivity index (χ0v) is 16.9. The van der Waals surface area contributed by atoms with Gasteiger partial charge in [0.25, 0.3) is 0 Å². The minimum atomic E-state index is -0.471. The number of amides is 1. The van der Waals surface area contributed by atoms with Crippen molar-refractivity contribution in [3.05, 3.63) is 76.1 Å². The van der Waals surface area contributed by atoms with Crippen molar-refractivity contribution < 1.29 is 18.4 Å². The number of nitrogens with zero attached hydrogens (tertiary/aromatic N) is 3. The van der Waals surface area contributed by atoms with E-state index in [0.717, 1.165) is 6.07 Å². The van der Waals surface area contributed by atoms with Crippen LogP contribution < -0.4 is 5.32 Å². The molecule has 31 heavy (non-hydrogen) atoms. The molecule has 0 fully saturated rings. The average Bonchev–Trinajstić information content (AvgIpc) is 3.20. The van der Waals surface area contributed by atoms with Gasteiger partial charge in [0.2, 0.25) is 11.8 Å². The quantitative estimate of drug-likeness (QED) is 0.442. The summed E-state index contributed by atoms with van der Waals surface area (Å²) in [6, 6.07) is 15.6. The van der Waals surface area contributed by atoms with Gasteiger partial charge in [-0.3, -0.25) is 10.1 Å². The molecule has 3 aromatic rings. The fourth-order valence-corrected chi connectivity index (χ4v) is 3.05. The maximum atomic E-state index is 13.2. The molecule has 0 saturated carbocycles. The zero-order valence-electron chi connectivity index (χ0n) is 16.1. The fraction of sp³-hybridized carbons (Fsp3) is 0.0909. The molecular weight excluding hydrogens is 423 g/mol. The molecule has 0 bridgehead atoms. The number of anilines is 1. The van der Waals surface area contributed by atoms with E-state index in [1.54, 1.807) is 36.4 Å². The molecule has 0 aliphatic carbocycles. The Hall–Kier alpha value is -4.14. The minimum absolute atomic E-state index is 0.0446. The summed E-state index contributed by atoms with van der Waals surface area (Å²) in [5.41, 5.74) is 1.91. The summed E-state index contributed by atoms with van der Waals surface area (Å²) in [7, 11) is 1.37. The number of nitrogens with one attached hydrogen (secondary N) is 1. The van der Waals surface area contributed by atoms with E-state index in [1.807, 2.05) is 0 Å². The second-order valence-corrected chi connectivity index (χ2v) is 6.66. The number of carbonyl (C=O) groups excluding carboxylic acids is 1. The monoisotopic (exact) mass is 436 g/mol. The van der Waals surface area contributed by atoms with Crippen LogP contribution in [0.15, 0.2) is 58.6 Å². The number of carbonyl (C=O) groups is 1. The van der Waals surface area contributed by atoms with Crippen LogP contribution in [0.25, 0.3) is 17.0 Å². The molecule has 0 atom stereocenters. The largest absolute Gasteiger partial charge is 0.494 e. The number of hydrogen-bond donors (Lipinski definition) is 1. The van der Waals surface area contributed by atoms with Gasteiger partial charge in [-0.25, -0.2) is 4.39 Å². The van der Waals surface area contributed by atoms with Crippen LogP contribution >= 0.6 is 11.6 Å². The highest BCUT2D eigenvalue weighted by Crippen LogP contribution is 2.29. The van der Waals surface area contributed by atoms with Gasteiger partial charge in [0.05, 0.1) is 18.6 Å². The topological polar surface area (TPSA) is 112 Å². The van der Waals surface area contributed by atoms with Gasteiger partial charge in [-0.05, 0) is 23.8 Å². The number of hydrogen-bond acceptors (Lipinski definition) is 6. The van der Waals surface area contributed by atoms with Gasteiger partial charge < -0.3 is 9.26 Å². The van der Waals surface area contributed by atoms with Crippen LogP contribution in [0.5, 0.6) is 0 Å². The first kappa shape index (κ1) is 21.6. The smallest absolute Gasteiger partial charge is 0.231 e. The predicted molar refractivity (Wildman–Crippen MR) is 111 cm³/mol. The Morgan fingerprint density at radius 3 is 2.52 bits per heavy atom. The Labute approximate surface area is 181 Å². The first-order valence-corrected chi connectivity index (χ1v) is 9.22. The zero-order chi connectivity index (χ0) is 22.4. The molecule has 1 N–H and O–H groups in total. The first-order valence-electron chi connectivity index (χ1n) is 8.85. The molecule has 1 heterocycles. The van der Waals surface area contributed by atoms with E-state index >= 15 is 0 Å². The van der Waals surface area contributed by atoms with Crippen molar-refractivity contribution in [1.82, 2.24) is 5.16 Å². The third kappa shape index (κ3) is 5.08. The van der Waals surface area contributed by atoms with Gasteiger partial charge in [0.1, 0.15) is 23.6 Å². The van der Waals surface area contributed by atoms with Crippen molar-refractivity contribution in [1.29, 1.82) is 10.5 Å². The molecule has 0 saturated heterocycles. The highest BCUT2D eigenvalue weighted by Gasteiger charge is 2.14. The molecule has 3 rings (SSSR count). The van der Waals surface area contributed by atoms with Gasteiger partial charge in [0.15, 0.2) is 11.3 Å². The van der Waals surface area contributed by atoms with E-state index in [0.29, 0.717) is 22.4 Å². The van der Waals surface area contributed by atoms with Crippen LogP contribution in [-0.4, -0.2) is 18.2 Å². The SMILES string of the molecule is COC(=C(C#N)C#N)c1ccc(CC(=O)Nc2cc(-c3ccc(F)cc3Cl)no2)cc1. The van der Waals surface area contributed by atoms with Crippen molar-refractivity contribution >= 4 is 29.2 Å². The van der Waals surface area contributed by atoms with Gasteiger partial charge in [-0.2, -0.15) is 10.5 Å². The minimum Gasteiger partial charge on any atom is -0.494 e. The summed E-state index contributed by atoms with van der Waals surface area (Å²) in [5.74, 6) is -0.539. The predicted octanol–water partition coefficient (Wildman–Crippen LogP) is 4.72. The molecule has 7 nitrogen and oxygen atoms in total. The average molecular weight is 437 g/mol. The molecule has 154 valence electrons. The van der Waals surface area contributed by atoms with Gasteiger partial charge in [-0.1, -0.05) is 41.0 Å². The number of aromatic nitrogens is 1. The highest BCUT2D eigenvalue weighted by atomic mass is 35.5. The van der Waals surface area contributed by atoms with E-state index < -0.39 is 5.82 Å². The summed E-state index contributed by atoms with van der Waals surface area (Å²) in [6.45, 7) is 0. The summed E-state index contributed by atoms with van der Waals surface area (Å²) < 4.78 is 23.4. The van der Waals surface area contributed by atoms with E-state index in [-0.39, 0.29) is 34.6 Å². The van der Waals surface area contributed by atoms with Gasteiger partial charge in [0, 0.05) is 17.2 Å². The van der Waals surface area contributed by atoms with Gasteiger partial charge in [-0.15, -0.1) is 0 Å². The lowest BCUT2D eigenvalue weighted by Crippen LogP contribution is -2.13. The van der Waals surface area contributed by atoms with Crippen LogP contribution in [0, 0.1) is 28.5 Å². The van der Waals surface area contributed by atoms with Crippen LogP contribution in [0.3, 0.4) is 0 Å². The Kier molecular flexibility index (Phi) is 6.66. The molecule has 0 aliphatic rings. The van der Waals surface area contributed by atoms with Crippen molar-refractivity contribution in [2.75, 3.05) is 12.4 Å². The first-order chi connectivity index (χ1) is 14.9. The number of ether oxygens (including phenoxy) is 1. The van der Waals surface area contributed by atoms with Gasteiger partial charge >= 0.3 is 0 Å². The Morgan fingerprint density at radius 1 is 1.19 bits per heavy atom. The summed E-state index contributed by atoms with van der Waals surface area (Å²) in [5, 5.41) is 24.6. The second-order valence-electron chi connectivity index (χ2n) is 6.25. The molecule has 0 aliphatic heterocycles. The van der Waals surface area contributed by atoms with Crippen LogP contribution in [0.4, 0.5) is 10.3 Å². The maximum absolute atomic E-state index is 13.2. The summed E-state index contributed by atoms with van der Waals surface area (Å²) >= 11 is 6.01. The molecule has 2 aromatic carbocycles. The number of methoxy groups -OCH3 is 1. The molecule has 0 radical (unpaired) electrons. The van der Waals surface area contributed by atoms with E-state index in [4.69, 9.17) is 31.4 Å². The number of benzene rings is 2. The third-order valence-electron chi connectivity index (χ3n) is 4.22. The standard InChI is InChI=1S/C22H14ClFN4O3/c1-30-22(15(11-25)12-26)14-4-2-13(3-5-14)8-20(29)27-21-10-19(28-31-21)17-7-6-16(24)9-18(17)23/h2-7,9-10H,8H2,1H3,(H,27,29). The molecular formula is C22H14ClFN4O3. The molecule has 1 amide bonds. The molecule has 9 heteroatoms. The Balaban J connectivity index is 1.68. The second kappa shape index (κ2) is 9.57. The molecule has 1 aromatic heterocycles. The summed E-state index contributed by atoms with van der Waals surface area (Å²) in [6.07, 6.45) is 0.0446. The third-order valence-corrected chi connectivity index (χ3v) is 4.53. The lowest BCUT2D eigenvalue weighted by molar-refractivity contribution is -0.115. The van der Waals surface area contributed by atoms with Crippen LogP contribution in [0.2, 0.25) is 5.02 Å². The number of rotatable bonds is 6. The highest BCUT2D eigenvalue weighted by molar-refractivity contribution is 6.33. The number of nitriles is 2. The van der Waals surface area contributed by atoms with E-state index in [9.17, 15) is 9.18 Å². The Morgan fingerprint density at radius 2 is 1.90 bits per heavy atom. The lowest BCUT2D eigenvalue weighted by atomic mass is 10.1. The van der Waals surface area contributed by atoms with Crippen molar-refractivity contribution in [3.8, 4) is 23.4 Å². The summed E-state index contributed by atoms with van der Waals surface area (Å²) in [4.78, 5) is 12.3. The van der Waals surface area contributed by atoms with Crippen LogP contribution in [0.1, 0.15) is 11.1 Å². The van der Waals surface area contributed by atoms with E-state index in [2.05, 4.69) is 10.5 Å². The number of halogens is 2. The van der Waals surface area contributed by atoms with Crippen LogP contribution in [-0.2, 0) is 16.0 Å². The lowest BCUT2D eigenvalue weighted by Gasteiger charge is -2.07. The van der Waals surface area contributed by atoms with Crippen molar-refractivity contribution in [2.24, 2.45) is 0 Å². The molecule has 0 spiro atoms. The normalized spacial score (nSPS) is 9.97. The van der Waals surface area contributed by atoms with Crippen molar-refractivity contribution in [2.45, 2.75) is 6.42 Å². The molecule has 0 unspecified atom stereocenters. The van der Waals surface area contributed by atoms with Crippen molar-refractivity contribution in [3.63, 3.8) is 0 Å². The maximum Gasteiger partial charge on any atom is 0.231 e. The fourth-order valence-electron chi connectivity index (χ4n) is 2.79. The van der Waals surface area contributed by atoms with E-state index in [1.165, 1.54) is 25.3 Å². The number of allylic oxidation sites excluding steroid dienone is 1.